The van der Waals surface area contributed by atoms with Crippen molar-refractivity contribution in [1.29, 1.82) is 0 Å². The second-order valence-electron chi connectivity index (χ2n) is 6.50. The van der Waals surface area contributed by atoms with Crippen molar-refractivity contribution in [3.8, 4) is 0 Å². The highest BCUT2D eigenvalue weighted by Crippen LogP contribution is 2.28. The fourth-order valence-corrected chi connectivity index (χ4v) is 3.76. The lowest BCUT2D eigenvalue weighted by Crippen LogP contribution is -2.44. The number of piperidine rings is 1. The highest BCUT2D eigenvalue weighted by Gasteiger charge is 2.27. The number of hydrogen-bond acceptors (Lipinski definition) is 2. The second-order valence-corrected chi connectivity index (χ2v) is 6.50. The van der Waals surface area contributed by atoms with Crippen molar-refractivity contribution in [3.63, 3.8) is 0 Å². The molecular weight excluding hydrogens is 232 g/mol. The average molecular weight is 258 g/mol. The molecule has 0 aliphatic carbocycles. The Balaban J connectivity index is 1.71. The molecule has 0 bridgehead atoms. The number of hydrogen-bond donors (Lipinski definition) is 1. The van der Waals surface area contributed by atoms with Gasteiger partial charge in [-0.25, -0.2) is 0 Å². The smallest absolute Gasteiger partial charge is 0.0208 e. The standard InChI is InChI=1S/C17H26N2/c1-13-7-8-19(14(2)9-13)12-16-11-18-10-15-5-3-4-6-17(15)16/h3-6,13-14,16,18H,7-12H2,1-2H3. The zero-order valence-electron chi connectivity index (χ0n) is 12.2. The molecule has 104 valence electrons. The summed E-state index contributed by atoms with van der Waals surface area (Å²) in [5.41, 5.74) is 3.07. The van der Waals surface area contributed by atoms with Crippen LogP contribution in [0.1, 0.15) is 43.7 Å². The van der Waals surface area contributed by atoms with Crippen molar-refractivity contribution in [3.05, 3.63) is 35.4 Å². The molecule has 0 amide bonds. The van der Waals surface area contributed by atoms with E-state index < -0.39 is 0 Å². The summed E-state index contributed by atoms with van der Waals surface area (Å²) in [6, 6.07) is 9.71. The van der Waals surface area contributed by atoms with Crippen LogP contribution in [0, 0.1) is 5.92 Å². The van der Waals surface area contributed by atoms with Gasteiger partial charge >= 0.3 is 0 Å². The first-order chi connectivity index (χ1) is 9.24. The van der Waals surface area contributed by atoms with Crippen molar-refractivity contribution in [2.24, 2.45) is 5.92 Å². The van der Waals surface area contributed by atoms with Gasteiger partial charge in [0.15, 0.2) is 0 Å². The highest BCUT2D eigenvalue weighted by atomic mass is 15.2. The Morgan fingerprint density at radius 2 is 2.11 bits per heavy atom. The van der Waals surface area contributed by atoms with Gasteiger partial charge in [0, 0.05) is 31.6 Å². The fraction of sp³-hybridized carbons (Fsp3) is 0.647. The molecule has 2 aliphatic heterocycles. The average Bonchev–Trinajstić information content (AvgIpc) is 2.42. The van der Waals surface area contributed by atoms with E-state index in [4.69, 9.17) is 0 Å². The number of nitrogens with one attached hydrogen (secondary N) is 1. The van der Waals surface area contributed by atoms with E-state index in [9.17, 15) is 0 Å². The van der Waals surface area contributed by atoms with Crippen LogP contribution >= 0.6 is 0 Å². The predicted molar refractivity (Wildman–Crippen MR) is 80.3 cm³/mol. The van der Waals surface area contributed by atoms with Crippen molar-refractivity contribution in [2.45, 2.75) is 45.2 Å². The highest BCUT2D eigenvalue weighted by molar-refractivity contribution is 5.33. The molecule has 1 saturated heterocycles. The summed E-state index contributed by atoms with van der Waals surface area (Å²) in [4.78, 5) is 2.70. The van der Waals surface area contributed by atoms with Crippen molar-refractivity contribution < 1.29 is 0 Å². The summed E-state index contributed by atoms with van der Waals surface area (Å²) < 4.78 is 0. The van der Waals surface area contributed by atoms with Gasteiger partial charge in [0.2, 0.25) is 0 Å². The minimum atomic E-state index is 0.667. The molecule has 19 heavy (non-hydrogen) atoms. The van der Waals surface area contributed by atoms with Crippen LogP contribution in [0.4, 0.5) is 0 Å². The van der Waals surface area contributed by atoms with Gasteiger partial charge in [-0.15, -0.1) is 0 Å². The molecule has 0 aromatic heterocycles. The molecular formula is C17H26N2. The zero-order chi connectivity index (χ0) is 13.2. The quantitative estimate of drug-likeness (QED) is 0.877. The summed E-state index contributed by atoms with van der Waals surface area (Å²) >= 11 is 0. The Hall–Kier alpha value is -0.860. The lowest BCUT2D eigenvalue weighted by molar-refractivity contribution is 0.120. The molecule has 2 aliphatic rings. The Kier molecular flexibility index (Phi) is 3.90. The van der Waals surface area contributed by atoms with Crippen LogP contribution in [-0.2, 0) is 6.54 Å². The van der Waals surface area contributed by atoms with Crippen LogP contribution < -0.4 is 5.32 Å². The van der Waals surface area contributed by atoms with Crippen LogP contribution in [0.5, 0.6) is 0 Å². The van der Waals surface area contributed by atoms with Crippen LogP contribution in [0.25, 0.3) is 0 Å². The van der Waals surface area contributed by atoms with E-state index in [1.165, 1.54) is 31.5 Å². The summed E-state index contributed by atoms with van der Waals surface area (Å²) in [5, 5.41) is 3.58. The summed E-state index contributed by atoms with van der Waals surface area (Å²) in [6.07, 6.45) is 2.73. The van der Waals surface area contributed by atoms with Gasteiger partial charge in [0.1, 0.15) is 0 Å². The number of rotatable bonds is 2. The van der Waals surface area contributed by atoms with Crippen LogP contribution in [-0.4, -0.2) is 30.6 Å². The third-order valence-corrected chi connectivity index (χ3v) is 4.93. The first kappa shape index (κ1) is 13.1. The van der Waals surface area contributed by atoms with E-state index in [1.54, 1.807) is 5.56 Å². The van der Waals surface area contributed by atoms with Gasteiger partial charge in [-0.05, 0) is 43.4 Å². The second kappa shape index (κ2) is 5.64. The number of fused-ring (bicyclic) bond motifs is 1. The minimum absolute atomic E-state index is 0.667. The fourth-order valence-electron chi connectivity index (χ4n) is 3.76. The molecule has 3 rings (SSSR count). The Labute approximate surface area is 117 Å². The van der Waals surface area contributed by atoms with E-state index in [2.05, 4.69) is 48.3 Å². The topological polar surface area (TPSA) is 15.3 Å². The van der Waals surface area contributed by atoms with Gasteiger partial charge in [0.05, 0.1) is 0 Å². The normalized spacial score (nSPS) is 32.0. The largest absolute Gasteiger partial charge is 0.312 e. The summed E-state index contributed by atoms with van der Waals surface area (Å²) in [7, 11) is 0. The van der Waals surface area contributed by atoms with E-state index in [-0.39, 0.29) is 0 Å². The Bertz CT molecular complexity index is 429. The van der Waals surface area contributed by atoms with Gasteiger partial charge in [-0.3, -0.25) is 4.90 Å². The summed E-state index contributed by atoms with van der Waals surface area (Å²) in [5.74, 6) is 1.57. The first-order valence-corrected chi connectivity index (χ1v) is 7.76. The number of likely N-dealkylation sites (tertiary alicyclic amines) is 1. The molecule has 0 radical (unpaired) electrons. The molecule has 2 nitrogen and oxygen atoms in total. The number of nitrogens with zero attached hydrogens (tertiary/aromatic N) is 1. The summed E-state index contributed by atoms with van der Waals surface area (Å²) in [6.45, 7) is 9.47. The molecule has 0 saturated carbocycles. The monoisotopic (exact) mass is 258 g/mol. The Morgan fingerprint density at radius 1 is 1.26 bits per heavy atom. The molecule has 1 aromatic carbocycles. The molecule has 3 unspecified atom stereocenters. The lowest BCUT2D eigenvalue weighted by atomic mass is 9.88. The molecule has 2 heterocycles. The molecule has 1 aromatic rings. The third-order valence-electron chi connectivity index (χ3n) is 4.93. The Morgan fingerprint density at radius 3 is 2.95 bits per heavy atom. The van der Waals surface area contributed by atoms with Crippen LogP contribution in [0.3, 0.4) is 0 Å². The van der Waals surface area contributed by atoms with Gasteiger partial charge in [0.25, 0.3) is 0 Å². The van der Waals surface area contributed by atoms with Crippen molar-refractivity contribution in [2.75, 3.05) is 19.6 Å². The lowest BCUT2D eigenvalue weighted by Gasteiger charge is -2.39. The van der Waals surface area contributed by atoms with E-state index in [0.717, 1.165) is 25.0 Å². The molecule has 1 N–H and O–H groups in total. The minimum Gasteiger partial charge on any atom is -0.312 e. The first-order valence-electron chi connectivity index (χ1n) is 7.76. The third kappa shape index (κ3) is 2.85. The maximum Gasteiger partial charge on any atom is 0.0208 e. The van der Waals surface area contributed by atoms with Gasteiger partial charge in [-0.2, -0.15) is 0 Å². The molecule has 2 heteroatoms. The molecule has 0 spiro atoms. The van der Waals surface area contributed by atoms with E-state index in [0.29, 0.717) is 5.92 Å². The van der Waals surface area contributed by atoms with Gasteiger partial charge < -0.3 is 5.32 Å². The van der Waals surface area contributed by atoms with E-state index in [1.807, 2.05) is 0 Å². The maximum atomic E-state index is 3.58. The van der Waals surface area contributed by atoms with Crippen molar-refractivity contribution in [1.82, 2.24) is 10.2 Å². The van der Waals surface area contributed by atoms with Crippen LogP contribution in [0.15, 0.2) is 24.3 Å². The molecule has 1 fully saturated rings. The van der Waals surface area contributed by atoms with Crippen LogP contribution in [0.2, 0.25) is 0 Å². The SMILES string of the molecule is CC1CCN(CC2CNCc3ccccc32)C(C)C1. The predicted octanol–water partition coefficient (Wildman–Crippen LogP) is 2.99. The zero-order valence-corrected chi connectivity index (χ0v) is 12.2. The number of benzene rings is 1. The van der Waals surface area contributed by atoms with Gasteiger partial charge in [-0.1, -0.05) is 31.2 Å². The molecule has 3 atom stereocenters. The maximum absolute atomic E-state index is 3.58. The van der Waals surface area contributed by atoms with Crippen molar-refractivity contribution >= 4 is 0 Å². The van der Waals surface area contributed by atoms with E-state index >= 15 is 0 Å².